The topological polar surface area (TPSA) is 145 Å². The van der Waals surface area contributed by atoms with Crippen LogP contribution in [-0.4, -0.2) is 98.4 Å². The minimum atomic E-state index is -2.16. The Bertz CT molecular complexity index is 1370. The van der Waals surface area contributed by atoms with Gasteiger partial charge in [-0.15, -0.1) is 0 Å². The molecule has 0 N–H and O–H groups in total. The number of nitriles is 1. The van der Waals surface area contributed by atoms with Crippen LogP contribution in [0.2, 0.25) is 18.1 Å². The maximum absolute atomic E-state index is 13.3. The largest absolute Gasteiger partial charge is 0.467 e. The van der Waals surface area contributed by atoms with Gasteiger partial charge < -0.3 is 23.4 Å². The van der Waals surface area contributed by atoms with Crippen molar-refractivity contribution < 1.29 is 42.6 Å². The van der Waals surface area contributed by atoms with Crippen molar-refractivity contribution in [2.75, 3.05) is 27.3 Å². The summed E-state index contributed by atoms with van der Waals surface area (Å²) in [4.78, 5) is 52.7. The van der Waals surface area contributed by atoms with Gasteiger partial charge >= 0.3 is 24.1 Å². The molecule has 0 radical (unpaired) electrons. The third-order valence-electron chi connectivity index (χ3n) is 8.85. The van der Waals surface area contributed by atoms with Gasteiger partial charge in [-0.25, -0.2) is 19.2 Å². The average molecular weight is 704 g/mol. The molecule has 274 valence electrons. The quantitative estimate of drug-likeness (QED) is 0.180. The lowest BCUT2D eigenvalue weighted by Crippen LogP contribution is -2.56. The van der Waals surface area contributed by atoms with Crippen molar-refractivity contribution >= 4 is 32.4 Å². The van der Waals surface area contributed by atoms with E-state index in [2.05, 4.69) is 44.7 Å². The van der Waals surface area contributed by atoms with Crippen molar-refractivity contribution in [3.05, 3.63) is 35.4 Å². The molecule has 0 bridgehead atoms. The first-order valence-electron chi connectivity index (χ1n) is 16.7. The highest BCUT2D eigenvalue weighted by Gasteiger charge is 2.57. The van der Waals surface area contributed by atoms with Crippen LogP contribution in [0.1, 0.15) is 92.7 Å². The fourth-order valence-corrected chi connectivity index (χ4v) is 6.86. The third kappa shape index (κ3) is 11.2. The van der Waals surface area contributed by atoms with E-state index in [1.807, 2.05) is 0 Å². The maximum atomic E-state index is 13.3. The summed E-state index contributed by atoms with van der Waals surface area (Å²) in [6, 6.07) is 8.63. The summed E-state index contributed by atoms with van der Waals surface area (Å²) in [7, 11) is 0.499. The number of ether oxygens (including phenoxy) is 4. The zero-order valence-electron chi connectivity index (χ0n) is 31.7. The van der Waals surface area contributed by atoms with E-state index in [4.69, 9.17) is 23.9 Å². The first kappa shape index (κ1) is 41.5. The van der Waals surface area contributed by atoms with Crippen LogP contribution in [0.4, 0.5) is 9.59 Å². The van der Waals surface area contributed by atoms with Crippen molar-refractivity contribution in [1.29, 1.82) is 5.26 Å². The Hall–Kier alpha value is -3.63. The SMILES string of the molecule is COC(=O)C1(Cc2ccc(C#N)cc2)C[C@@H](O[Si](C)(C)C(C)(C)C)CN1C(=O)OC(C)(C)C.COC(=O)[C@@H]1CCCN1C(=O)OC(C)(C)C. The lowest BCUT2D eigenvalue weighted by molar-refractivity contribution is -0.153. The molecule has 1 unspecified atom stereocenters. The molecule has 49 heavy (non-hydrogen) atoms. The van der Waals surface area contributed by atoms with Crippen molar-refractivity contribution in [3.63, 3.8) is 0 Å². The standard InChI is InChI=1S/C25H38N2O5Si.C11H19NO4/c1-23(2,3)31-22(29)27-17-20(32-33(8,9)24(4,5)6)15-25(27,21(28)30-7)14-18-10-12-19(16-26)13-11-18;1-11(2,3)16-10(14)12-7-5-6-8(12)9(13)15-4/h10-13,20H,14-15,17H2,1-9H3;8H,5-7H2,1-4H3/t20-,25?;8-/m10/s1. The van der Waals surface area contributed by atoms with E-state index < -0.39 is 49.3 Å². The molecule has 2 aliphatic rings. The van der Waals surface area contributed by atoms with Gasteiger partial charge in [0.2, 0.25) is 0 Å². The molecular weight excluding hydrogens is 646 g/mol. The van der Waals surface area contributed by atoms with Crippen molar-refractivity contribution in [1.82, 2.24) is 9.80 Å². The van der Waals surface area contributed by atoms with Crippen molar-refractivity contribution in [2.45, 2.75) is 135 Å². The molecule has 0 aliphatic carbocycles. The van der Waals surface area contributed by atoms with Gasteiger partial charge in [-0.1, -0.05) is 32.9 Å². The van der Waals surface area contributed by atoms with E-state index in [9.17, 15) is 19.2 Å². The van der Waals surface area contributed by atoms with Crippen LogP contribution < -0.4 is 0 Å². The molecule has 0 aromatic heterocycles. The van der Waals surface area contributed by atoms with Gasteiger partial charge in [0.1, 0.15) is 22.8 Å². The fourth-order valence-electron chi connectivity index (χ4n) is 5.51. The van der Waals surface area contributed by atoms with Gasteiger partial charge in [0, 0.05) is 19.4 Å². The number of amides is 2. The summed E-state index contributed by atoms with van der Waals surface area (Å²) in [5.41, 5.74) is -1.17. The Morgan fingerprint density at radius 1 is 0.898 bits per heavy atom. The highest BCUT2D eigenvalue weighted by molar-refractivity contribution is 6.74. The fraction of sp³-hybridized carbons (Fsp3) is 0.694. The lowest BCUT2D eigenvalue weighted by Gasteiger charge is -2.38. The second-order valence-corrected chi connectivity index (χ2v) is 20.9. The molecule has 13 heteroatoms. The Kier molecular flexibility index (Phi) is 13.5. The smallest absolute Gasteiger partial charge is 0.411 e. The molecule has 12 nitrogen and oxygen atoms in total. The van der Waals surface area contributed by atoms with E-state index >= 15 is 0 Å². The Balaban J connectivity index is 0.000000435. The molecule has 1 aromatic rings. The van der Waals surface area contributed by atoms with Gasteiger partial charge in [-0.2, -0.15) is 5.26 Å². The monoisotopic (exact) mass is 703 g/mol. The number of esters is 2. The van der Waals surface area contributed by atoms with Gasteiger partial charge in [0.15, 0.2) is 8.32 Å². The number of carbonyl (C=O) groups excluding carboxylic acids is 4. The van der Waals surface area contributed by atoms with E-state index in [1.165, 1.54) is 24.0 Å². The second kappa shape index (κ2) is 15.9. The molecule has 3 rings (SSSR count). The molecule has 2 saturated heterocycles. The molecule has 2 amide bonds. The normalized spacial score (nSPS) is 21.2. The molecule has 3 atom stereocenters. The van der Waals surface area contributed by atoms with E-state index in [1.54, 1.807) is 65.8 Å². The van der Waals surface area contributed by atoms with E-state index in [-0.39, 0.29) is 30.1 Å². The van der Waals surface area contributed by atoms with Crippen LogP contribution in [0.15, 0.2) is 24.3 Å². The van der Waals surface area contributed by atoms with Gasteiger partial charge in [0.25, 0.3) is 0 Å². The Morgan fingerprint density at radius 3 is 1.92 bits per heavy atom. The Morgan fingerprint density at radius 2 is 1.45 bits per heavy atom. The average Bonchev–Trinajstić information content (AvgIpc) is 3.60. The van der Waals surface area contributed by atoms with Crippen LogP contribution in [0.3, 0.4) is 0 Å². The molecule has 0 spiro atoms. The Labute approximate surface area is 293 Å². The predicted molar refractivity (Wildman–Crippen MR) is 187 cm³/mol. The molecule has 2 heterocycles. The first-order chi connectivity index (χ1) is 22.4. The molecule has 1 aromatic carbocycles. The third-order valence-corrected chi connectivity index (χ3v) is 13.4. The van der Waals surface area contributed by atoms with Crippen LogP contribution in [-0.2, 0) is 39.4 Å². The van der Waals surface area contributed by atoms with Crippen LogP contribution in [0.25, 0.3) is 0 Å². The highest BCUT2D eigenvalue weighted by Crippen LogP contribution is 2.42. The molecule has 2 aliphatic heterocycles. The molecule has 2 fully saturated rings. The minimum Gasteiger partial charge on any atom is -0.467 e. The predicted octanol–water partition coefficient (Wildman–Crippen LogP) is 6.60. The van der Waals surface area contributed by atoms with Crippen LogP contribution in [0.5, 0.6) is 0 Å². The minimum absolute atomic E-state index is 0.0204. The number of hydrogen-bond acceptors (Lipinski definition) is 10. The number of benzene rings is 1. The van der Waals surface area contributed by atoms with Gasteiger partial charge in [-0.3, -0.25) is 9.80 Å². The van der Waals surface area contributed by atoms with Crippen LogP contribution in [0, 0.1) is 11.3 Å². The number of methoxy groups -OCH3 is 2. The number of likely N-dealkylation sites (tertiary alicyclic amines) is 2. The second-order valence-electron chi connectivity index (χ2n) is 16.2. The lowest BCUT2D eigenvalue weighted by atomic mass is 9.87. The summed E-state index contributed by atoms with van der Waals surface area (Å²) in [5, 5.41) is 9.09. The van der Waals surface area contributed by atoms with Crippen molar-refractivity contribution in [2.24, 2.45) is 0 Å². The van der Waals surface area contributed by atoms with E-state index in [0.717, 1.165) is 12.0 Å². The highest BCUT2D eigenvalue weighted by atomic mass is 28.4. The summed E-state index contributed by atoms with van der Waals surface area (Å²) < 4.78 is 27.4. The maximum Gasteiger partial charge on any atom is 0.411 e. The molecular formula is C36H57N3O9Si. The zero-order valence-corrected chi connectivity index (χ0v) is 32.7. The van der Waals surface area contributed by atoms with E-state index in [0.29, 0.717) is 24.9 Å². The summed E-state index contributed by atoms with van der Waals surface area (Å²) in [6.45, 7) is 22.4. The first-order valence-corrected chi connectivity index (χ1v) is 19.6. The van der Waals surface area contributed by atoms with Gasteiger partial charge in [0.05, 0.1) is 38.5 Å². The van der Waals surface area contributed by atoms with Gasteiger partial charge in [-0.05, 0) is 90.2 Å². The van der Waals surface area contributed by atoms with Crippen molar-refractivity contribution in [3.8, 4) is 6.07 Å². The summed E-state index contributed by atoms with van der Waals surface area (Å²) in [6.07, 6.45) is 0.664. The molecule has 0 saturated carbocycles. The number of rotatable bonds is 6. The number of carbonyl (C=O) groups is 4. The number of nitrogens with zero attached hydrogens (tertiary/aromatic N) is 3. The summed E-state index contributed by atoms with van der Waals surface area (Å²) in [5.74, 6) is -0.873. The summed E-state index contributed by atoms with van der Waals surface area (Å²) >= 11 is 0. The number of hydrogen-bond donors (Lipinski definition) is 0. The van der Waals surface area contributed by atoms with Crippen LogP contribution >= 0.6 is 0 Å². The zero-order chi connectivity index (χ0) is 37.6.